The highest BCUT2D eigenvalue weighted by Crippen LogP contribution is 2.44. The van der Waals surface area contributed by atoms with Gasteiger partial charge in [-0.25, -0.2) is 0 Å². The third-order valence-corrected chi connectivity index (χ3v) is 6.06. The van der Waals surface area contributed by atoms with Gasteiger partial charge in [-0.1, -0.05) is 48.7 Å². The van der Waals surface area contributed by atoms with E-state index in [2.05, 4.69) is 9.59 Å². The molecule has 1 aromatic heterocycles. The van der Waals surface area contributed by atoms with Crippen LogP contribution in [0.2, 0.25) is 0 Å². The van der Waals surface area contributed by atoms with Gasteiger partial charge in [0.15, 0.2) is 11.5 Å². The lowest BCUT2D eigenvalue weighted by molar-refractivity contribution is -0.119. The van der Waals surface area contributed by atoms with E-state index in [-0.39, 0.29) is 11.4 Å². The van der Waals surface area contributed by atoms with Gasteiger partial charge in [0.25, 0.3) is 5.91 Å². The number of ether oxygens (including phenoxy) is 2. The summed E-state index contributed by atoms with van der Waals surface area (Å²) < 4.78 is 14.9. The fourth-order valence-corrected chi connectivity index (χ4v) is 4.35. The lowest BCUT2D eigenvalue weighted by Gasteiger charge is -2.28. The summed E-state index contributed by atoms with van der Waals surface area (Å²) in [5.41, 5.74) is 2.78. The van der Waals surface area contributed by atoms with Crippen LogP contribution in [0, 0.1) is 5.92 Å². The zero-order chi connectivity index (χ0) is 24.2. The Labute approximate surface area is 201 Å². The number of rotatable bonds is 9. The lowest BCUT2D eigenvalue weighted by atomic mass is 9.90. The normalized spacial score (nSPS) is 15.9. The van der Waals surface area contributed by atoms with Crippen LogP contribution < -0.4 is 9.64 Å². The third kappa shape index (κ3) is 4.44. The minimum absolute atomic E-state index is 0.0653. The molecule has 0 radical (unpaired) electrons. The Kier molecular flexibility index (Phi) is 7.04. The average molecular weight is 480 g/mol. The Morgan fingerprint density at radius 1 is 1.15 bits per heavy atom. The van der Waals surface area contributed by atoms with Gasteiger partial charge in [0.1, 0.15) is 18.1 Å². The van der Waals surface area contributed by atoms with Crippen molar-refractivity contribution < 1.29 is 24.2 Å². The third-order valence-electron chi connectivity index (χ3n) is 5.56. The van der Waals surface area contributed by atoms with Gasteiger partial charge in [0.2, 0.25) is 0 Å². The van der Waals surface area contributed by atoms with Crippen LogP contribution in [0.15, 0.2) is 65.2 Å². The monoisotopic (exact) mass is 479 g/mol. The van der Waals surface area contributed by atoms with Gasteiger partial charge in [-0.2, -0.15) is 0 Å². The maximum Gasteiger partial charge on any atom is 0.294 e. The summed E-state index contributed by atoms with van der Waals surface area (Å²) in [7, 11) is 1.58. The van der Waals surface area contributed by atoms with Gasteiger partial charge >= 0.3 is 0 Å². The molecular formula is C25H25N3O5S. The van der Waals surface area contributed by atoms with E-state index in [0.717, 1.165) is 11.3 Å². The fourth-order valence-electron chi connectivity index (χ4n) is 3.88. The highest BCUT2D eigenvalue weighted by molar-refractivity contribution is 7.03. The molecule has 9 heteroatoms. The standard InChI is InChI=1S/C25H25N3O5S/c1-15(2)23(29)21-22(18-6-4-5-7-20(18)33-13-12-32-3)28(25(31)24(21)30)17-10-8-16(9-11-17)19-14-34-27-26-19/h4-11,14-15,22,30H,12-13H2,1-3H3. The van der Waals surface area contributed by atoms with Gasteiger partial charge in [-0.3, -0.25) is 14.5 Å². The van der Waals surface area contributed by atoms with E-state index in [1.807, 2.05) is 29.6 Å². The van der Waals surface area contributed by atoms with Gasteiger partial charge in [-0.15, -0.1) is 5.10 Å². The van der Waals surface area contributed by atoms with Gasteiger partial charge in [0, 0.05) is 35.2 Å². The summed E-state index contributed by atoms with van der Waals surface area (Å²) >= 11 is 1.25. The molecule has 2 heterocycles. The molecular weight excluding hydrogens is 454 g/mol. The number of para-hydroxylation sites is 1. The number of amides is 1. The van der Waals surface area contributed by atoms with Crippen molar-refractivity contribution in [2.45, 2.75) is 19.9 Å². The van der Waals surface area contributed by atoms with Crippen LogP contribution >= 0.6 is 11.5 Å². The zero-order valence-corrected chi connectivity index (χ0v) is 19.9. The first-order valence-corrected chi connectivity index (χ1v) is 11.7. The summed E-state index contributed by atoms with van der Waals surface area (Å²) in [4.78, 5) is 27.9. The number of hydrogen-bond acceptors (Lipinski definition) is 8. The number of carbonyl (C=O) groups is 2. The summed E-state index contributed by atoms with van der Waals surface area (Å²) in [6.45, 7) is 4.16. The van der Waals surface area contributed by atoms with Crippen molar-refractivity contribution in [3.8, 4) is 17.0 Å². The molecule has 2 aromatic carbocycles. The second kappa shape index (κ2) is 10.1. The minimum atomic E-state index is -0.840. The number of aliphatic hydroxyl groups excluding tert-OH is 1. The number of hydrogen-bond donors (Lipinski definition) is 1. The Bertz CT molecular complexity index is 1210. The second-order valence-electron chi connectivity index (χ2n) is 8.08. The minimum Gasteiger partial charge on any atom is -0.503 e. The van der Waals surface area contributed by atoms with Crippen LogP contribution in [0.1, 0.15) is 25.5 Å². The topological polar surface area (TPSA) is 102 Å². The molecule has 1 unspecified atom stereocenters. The predicted octanol–water partition coefficient (Wildman–Crippen LogP) is 4.36. The van der Waals surface area contributed by atoms with Crippen LogP contribution in [-0.4, -0.2) is 46.7 Å². The van der Waals surface area contributed by atoms with Crippen LogP contribution in [0.4, 0.5) is 5.69 Å². The van der Waals surface area contributed by atoms with Crippen molar-refractivity contribution in [2.75, 3.05) is 25.2 Å². The SMILES string of the molecule is COCCOc1ccccc1C1C(C(=O)C(C)C)=C(O)C(=O)N1c1ccc(-c2csnn2)cc1. The first-order chi connectivity index (χ1) is 16.4. The van der Waals surface area contributed by atoms with Crippen LogP contribution in [0.3, 0.4) is 0 Å². The van der Waals surface area contributed by atoms with Crippen LogP contribution in [-0.2, 0) is 14.3 Å². The van der Waals surface area contributed by atoms with Crippen molar-refractivity contribution in [2.24, 2.45) is 5.92 Å². The number of benzene rings is 2. The largest absolute Gasteiger partial charge is 0.503 e. The number of aliphatic hydroxyl groups is 1. The highest BCUT2D eigenvalue weighted by atomic mass is 32.1. The molecule has 1 N–H and O–H groups in total. The molecule has 0 saturated heterocycles. The van der Waals surface area contributed by atoms with E-state index in [9.17, 15) is 14.7 Å². The molecule has 1 atom stereocenters. The number of Topliss-reactive ketones (excluding diaryl/α,β-unsaturated/α-hetero) is 1. The number of nitrogens with zero attached hydrogens (tertiary/aromatic N) is 3. The van der Waals surface area contributed by atoms with Crippen molar-refractivity contribution in [3.05, 3.63) is 70.8 Å². The summed E-state index contributed by atoms with van der Waals surface area (Å²) in [6, 6.07) is 13.6. The Morgan fingerprint density at radius 2 is 1.88 bits per heavy atom. The van der Waals surface area contributed by atoms with E-state index >= 15 is 0 Å². The number of carbonyl (C=O) groups excluding carboxylic acids is 2. The molecule has 0 bridgehead atoms. The smallest absolute Gasteiger partial charge is 0.294 e. The van der Waals surface area contributed by atoms with Crippen molar-refractivity contribution in [1.29, 1.82) is 0 Å². The molecule has 8 nitrogen and oxygen atoms in total. The number of methoxy groups -OCH3 is 1. The van der Waals surface area contributed by atoms with E-state index in [1.165, 1.54) is 16.4 Å². The van der Waals surface area contributed by atoms with Crippen molar-refractivity contribution in [3.63, 3.8) is 0 Å². The Hall–Kier alpha value is -3.56. The highest BCUT2D eigenvalue weighted by Gasteiger charge is 2.45. The molecule has 176 valence electrons. The van der Waals surface area contributed by atoms with E-state index in [0.29, 0.717) is 30.2 Å². The van der Waals surface area contributed by atoms with E-state index in [1.54, 1.807) is 45.2 Å². The molecule has 0 aliphatic carbocycles. The summed E-state index contributed by atoms with van der Waals surface area (Å²) in [6.07, 6.45) is 0. The maximum absolute atomic E-state index is 13.3. The molecule has 1 amide bonds. The Balaban J connectivity index is 1.80. The van der Waals surface area contributed by atoms with E-state index < -0.39 is 23.6 Å². The second-order valence-corrected chi connectivity index (χ2v) is 8.68. The predicted molar refractivity (Wildman–Crippen MR) is 129 cm³/mol. The molecule has 1 aliphatic heterocycles. The summed E-state index contributed by atoms with van der Waals surface area (Å²) in [5.74, 6) is -1.37. The zero-order valence-electron chi connectivity index (χ0n) is 19.1. The molecule has 34 heavy (non-hydrogen) atoms. The number of ketones is 1. The summed E-state index contributed by atoms with van der Waals surface area (Å²) in [5, 5.41) is 16.7. The maximum atomic E-state index is 13.3. The lowest BCUT2D eigenvalue weighted by Crippen LogP contribution is -2.31. The Morgan fingerprint density at radius 3 is 2.53 bits per heavy atom. The fraction of sp³-hybridized carbons (Fsp3) is 0.280. The molecule has 0 spiro atoms. The first-order valence-electron chi connectivity index (χ1n) is 10.8. The van der Waals surface area contributed by atoms with Crippen LogP contribution in [0.25, 0.3) is 11.3 Å². The van der Waals surface area contributed by atoms with Gasteiger partial charge in [-0.05, 0) is 29.7 Å². The molecule has 4 rings (SSSR count). The molecule has 0 saturated carbocycles. The van der Waals surface area contributed by atoms with E-state index in [4.69, 9.17) is 9.47 Å². The average Bonchev–Trinajstić information content (AvgIpc) is 3.47. The van der Waals surface area contributed by atoms with Crippen molar-refractivity contribution in [1.82, 2.24) is 9.59 Å². The number of anilines is 1. The van der Waals surface area contributed by atoms with Gasteiger partial charge in [0.05, 0.1) is 18.2 Å². The molecule has 3 aromatic rings. The molecule has 1 aliphatic rings. The number of aromatic nitrogens is 2. The first kappa shape index (κ1) is 23.6. The van der Waals surface area contributed by atoms with Crippen molar-refractivity contribution >= 4 is 28.9 Å². The van der Waals surface area contributed by atoms with Crippen LogP contribution in [0.5, 0.6) is 5.75 Å². The van der Waals surface area contributed by atoms with Gasteiger partial charge < -0.3 is 14.6 Å². The molecule has 0 fully saturated rings. The quantitative estimate of drug-likeness (QED) is 0.455.